The summed E-state index contributed by atoms with van der Waals surface area (Å²) in [6, 6.07) is 9.03. The second kappa shape index (κ2) is 8.38. The smallest absolute Gasteiger partial charge is 0.234 e. The van der Waals surface area contributed by atoms with Crippen LogP contribution < -0.4 is 10.6 Å². The first-order valence-corrected chi connectivity index (χ1v) is 8.06. The minimum atomic E-state index is -0.371. The minimum Gasteiger partial charge on any atom is -0.467 e. The summed E-state index contributed by atoms with van der Waals surface area (Å²) in [4.78, 5) is 23.7. The van der Waals surface area contributed by atoms with Gasteiger partial charge in [-0.15, -0.1) is 11.8 Å². The number of thioether (sulfide) groups is 1. The number of anilines is 1. The highest BCUT2D eigenvalue weighted by Gasteiger charge is 2.15. The van der Waals surface area contributed by atoms with Crippen molar-refractivity contribution in [3.05, 3.63) is 54.2 Å². The molecule has 1 atom stereocenters. The fourth-order valence-electron chi connectivity index (χ4n) is 1.74. The molecule has 0 saturated carbocycles. The highest BCUT2D eigenvalue weighted by atomic mass is 32.2. The van der Waals surface area contributed by atoms with E-state index in [2.05, 4.69) is 10.6 Å². The van der Waals surface area contributed by atoms with Gasteiger partial charge in [0.15, 0.2) is 0 Å². The molecule has 0 bridgehead atoms. The zero-order valence-electron chi connectivity index (χ0n) is 12.5. The Labute approximate surface area is 137 Å². The van der Waals surface area contributed by atoms with Crippen molar-refractivity contribution in [2.75, 3.05) is 11.1 Å². The summed E-state index contributed by atoms with van der Waals surface area (Å²) in [5, 5.41) is 5.01. The second-order valence-corrected chi connectivity index (χ2v) is 6.13. The van der Waals surface area contributed by atoms with Gasteiger partial charge in [-0.05, 0) is 43.3 Å². The molecule has 2 amide bonds. The van der Waals surface area contributed by atoms with Crippen molar-refractivity contribution in [1.29, 1.82) is 0 Å². The summed E-state index contributed by atoms with van der Waals surface area (Å²) in [5.41, 5.74) is 0.520. The van der Waals surface area contributed by atoms with E-state index in [0.717, 1.165) is 0 Å². The third-order valence-corrected chi connectivity index (χ3v) is 4.12. The summed E-state index contributed by atoms with van der Waals surface area (Å²) < 4.78 is 17.9. The third-order valence-electron chi connectivity index (χ3n) is 2.98. The lowest BCUT2D eigenvalue weighted by Crippen LogP contribution is -2.31. The molecule has 0 fully saturated rings. The molecule has 7 heteroatoms. The van der Waals surface area contributed by atoms with Crippen LogP contribution in [0.4, 0.5) is 10.1 Å². The van der Waals surface area contributed by atoms with Crippen molar-refractivity contribution < 1.29 is 18.4 Å². The molecular weight excluding hydrogens is 319 g/mol. The Bertz CT molecular complexity index is 644. The average Bonchev–Trinajstić information content (AvgIpc) is 3.06. The molecule has 1 aromatic heterocycles. The minimum absolute atomic E-state index is 0.132. The molecule has 1 aromatic carbocycles. The maximum absolute atomic E-state index is 12.8. The SMILES string of the molecule is CC(SCC(=O)Nc1ccc(F)cc1)C(=O)NCc1ccco1. The molecular formula is C16H17FN2O3S. The molecule has 0 saturated heterocycles. The standard InChI is InChI=1S/C16H17FN2O3S/c1-11(16(21)18-9-14-3-2-8-22-14)23-10-15(20)19-13-6-4-12(17)5-7-13/h2-8,11H,9-10H2,1H3,(H,18,21)(H,19,20). The Morgan fingerprint density at radius 3 is 2.65 bits per heavy atom. The maximum Gasteiger partial charge on any atom is 0.234 e. The van der Waals surface area contributed by atoms with Gasteiger partial charge in [-0.3, -0.25) is 9.59 Å². The van der Waals surface area contributed by atoms with Crippen LogP contribution in [0.1, 0.15) is 12.7 Å². The molecule has 122 valence electrons. The summed E-state index contributed by atoms with van der Waals surface area (Å²) in [6.07, 6.45) is 1.54. The molecule has 0 radical (unpaired) electrons. The summed E-state index contributed by atoms with van der Waals surface area (Å²) in [5.74, 6) is 0.0318. The van der Waals surface area contributed by atoms with Crippen LogP contribution >= 0.6 is 11.8 Å². The van der Waals surface area contributed by atoms with Gasteiger partial charge in [0, 0.05) is 5.69 Å². The molecule has 0 aliphatic heterocycles. The first-order chi connectivity index (χ1) is 11.0. The number of halogens is 1. The Balaban J connectivity index is 1.70. The van der Waals surface area contributed by atoms with Gasteiger partial charge in [0.1, 0.15) is 11.6 Å². The number of carbonyl (C=O) groups excluding carboxylic acids is 2. The van der Waals surface area contributed by atoms with Crippen molar-refractivity contribution in [2.24, 2.45) is 0 Å². The number of amides is 2. The summed E-state index contributed by atoms with van der Waals surface area (Å²) in [7, 11) is 0. The van der Waals surface area contributed by atoms with Crippen LogP contribution in [0.2, 0.25) is 0 Å². The van der Waals surface area contributed by atoms with E-state index in [4.69, 9.17) is 4.42 Å². The van der Waals surface area contributed by atoms with Gasteiger partial charge in [0.25, 0.3) is 0 Å². The Hall–Kier alpha value is -2.28. The Morgan fingerprint density at radius 2 is 2.00 bits per heavy atom. The zero-order valence-corrected chi connectivity index (χ0v) is 13.4. The van der Waals surface area contributed by atoms with Crippen LogP contribution in [-0.2, 0) is 16.1 Å². The van der Waals surface area contributed by atoms with Crippen molar-refractivity contribution in [3.63, 3.8) is 0 Å². The van der Waals surface area contributed by atoms with Gasteiger partial charge < -0.3 is 15.1 Å². The molecule has 0 spiro atoms. The summed E-state index contributed by atoms with van der Waals surface area (Å²) >= 11 is 1.22. The van der Waals surface area contributed by atoms with E-state index >= 15 is 0 Å². The van der Waals surface area contributed by atoms with Gasteiger partial charge in [-0.1, -0.05) is 0 Å². The normalized spacial score (nSPS) is 11.7. The molecule has 0 aliphatic rings. The van der Waals surface area contributed by atoms with Gasteiger partial charge in [0.05, 0.1) is 23.8 Å². The average molecular weight is 336 g/mol. The number of carbonyl (C=O) groups is 2. The van der Waals surface area contributed by atoms with E-state index in [-0.39, 0.29) is 28.6 Å². The number of nitrogens with one attached hydrogen (secondary N) is 2. The highest BCUT2D eigenvalue weighted by Crippen LogP contribution is 2.13. The van der Waals surface area contributed by atoms with Gasteiger partial charge >= 0.3 is 0 Å². The third kappa shape index (κ3) is 5.78. The van der Waals surface area contributed by atoms with Gasteiger partial charge in [-0.2, -0.15) is 0 Å². The lowest BCUT2D eigenvalue weighted by atomic mass is 10.3. The fourth-order valence-corrected chi connectivity index (χ4v) is 2.45. The van der Waals surface area contributed by atoms with Crippen molar-refractivity contribution in [1.82, 2.24) is 5.32 Å². The van der Waals surface area contributed by atoms with Gasteiger partial charge in [-0.25, -0.2) is 4.39 Å². The zero-order chi connectivity index (χ0) is 16.7. The molecule has 2 aromatic rings. The van der Waals surface area contributed by atoms with E-state index in [1.807, 2.05) is 0 Å². The second-order valence-electron chi connectivity index (χ2n) is 4.81. The molecule has 2 N–H and O–H groups in total. The number of rotatable bonds is 7. The van der Waals surface area contributed by atoms with Crippen molar-refractivity contribution in [2.45, 2.75) is 18.7 Å². The first-order valence-electron chi connectivity index (χ1n) is 7.01. The van der Waals surface area contributed by atoms with Crippen LogP contribution in [-0.4, -0.2) is 22.8 Å². The topological polar surface area (TPSA) is 71.3 Å². The van der Waals surface area contributed by atoms with Gasteiger partial charge in [0.2, 0.25) is 11.8 Å². The van der Waals surface area contributed by atoms with Crippen LogP contribution in [0.25, 0.3) is 0 Å². The first kappa shape index (κ1) is 17.1. The van der Waals surface area contributed by atoms with Crippen molar-refractivity contribution >= 4 is 29.3 Å². The van der Waals surface area contributed by atoms with Crippen LogP contribution in [0.3, 0.4) is 0 Å². The number of hydrogen-bond donors (Lipinski definition) is 2. The lowest BCUT2D eigenvalue weighted by molar-refractivity contribution is -0.120. The van der Waals surface area contributed by atoms with Crippen LogP contribution in [0.5, 0.6) is 0 Å². The van der Waals surface area contributed by atoms with Crippen LogP contribution in [0.15, 0.2) is 47.1 Å². The predicted octanol–water partition coefficient (Wildman–Crippen LogP) is 2.80. The lowest BCUT2D eigenvalue weighted by Gasteiger charge is -2.11. The summed E-state index contributed by atoms with van der Waals surface area (Å²) in [6.45, 7) is 2.05. The monoisotopic (exact) mass is 336 g/mol. The highest BCUT2D eigenvalue weighted by molar-refractivity contribution is 8.01. The Kier molecular flexibility index (Phi) is 6.22. The van der Waals surface area contributed by atoms with E-state index in [9.17, 15) is 14.0 Å². The largest absolute Gasteiger partial charge is 0.467 e. The maximum atomic E-state index is 12.8. The van der Waals surface area contributed by atoms with Crippen LogP contribution in [0, 0.1) is 5.82 Å². The fraction of sp³-hybridized carbons (Fsp3) is 0.250. The Morgan fingerprint density at radius 1 is 1.26 bits per heavy atom. The van der Waals surface area contributed by atoms with E-state index in [1.54, 1.807) is 25.3 Å². The molecule has 0 aliphatic carbocycles. The molecule has 23 heavy (non-hydrogen) atoms. The van der Waals surface area contributed by atoms with E-state index in [1.165, 1.54) is 36.0 Å². The molecule has 1 unspecified atom stereocenters. The number of hydrogen-bond acceptors (Lipinski definition) is 4. The number of furan rings is 1. The quantitative estimate of drug-likeness (QED) is 0.816. The molecule has 2 rings (SSSR count). The van der Waals surface area contributed by atoms with E-state index < -0.39 is 0 Å². The molecule has 5 nitrogen and oxygen atoms in total. The predicted molar refractivity (Wildman–Crippen MR) is 87.5 cm³/mol. The van der Waals surface area contributed by atoms with E-state index in [0.29, 0.717) is 18.0 Å². The molecule has 1 heterocycles. The van der Waals surface area contributed by atoms with Crippen molar-refractivity contribution in [3.8, 4) is 0 Å². The number of benzene rings is 1.